The summed E-state index contributed by atoms with van der Waals surface area (Å²) >= 11 is 0. The van der Waals surface area contributed by atoms with Crippen LogP contribution in [-0.2, 0) is 22.7 Å². The van der Waals surface area contributed by atoms with Crippen LogP contribution in [0.2, 0.25) is 0 Å². The lowest BCUT2D eigenvalue weighted by atomic mass is 9.94. The number of fused-ring (bicyclic) bond motifs is 1. The van der Waals surface area contributed by atoms with Crippen LogP contribution in [0.1, 0.15) is 37.3 Å². The highest BCUT2D eigenvalue weighted by Crippen LogP contribution is 2.29. The van der Waals surface area contributed by atoms with Crippen LogP contribution in [0.4, 0.5) is 4.79 Å². The Morgan fingerprint density at radius 3 is 2.59 bits per heavy atom. The van der Waals surface area contributed by atoms with E-state index in [0.717, 1.165) is 24.0 Å². The molecule has 0 saturated carbocycles. The smallest absolute Gasteiger partial charge is 0.333 e. The third-order valence-electron chi connectivity index (χ3n) is 6.75. The Kier molecular flexibility index (Phi) is 8.52. The molecule has 2 aromatic carbocycles. The lowest BCUT2D eigenvalue weighted by molar-refractivity contribution is -0.189. The Hall–Kier alpha value is -3.77. The van der Waals surface area contributed by atoms with Gasteiger partial charge in [0.25, 0.3) is 0 Å². The number of carbonyl (C=O) groups excluding carboxylic acids is 3. The predicted octanol–water partition coefficient (Wildman–Crippen LogP) is 1.61. The molecule has 0 aliphatic carbocycles. The van der Waals surface area contributed by atoms with Crippen molar-refractivity contribution in [3.63, 3.8) is 0 Å². The fourth-order valence-corrected chi connectivity index (χ4v) is 5.02. The number of hydrazine groups is 1. The van der Waals surface area contributed by atoms with Gasteiger partial charge in [0.15, 0.2) is 0 Å². The molecule has 2 atom stereocenters. The highest BCUT2D eigenvalue weighted by molar-refractivity contribution is 6.32. The van der Waals surface area contributed by atoms with Gasteiger partial charge >= 0.3 is 6.03 Å². The molecule has 2 aliphatic rings. The van der Waals surface area contributed by atoms with Crippen LogP contribution >= 0.6 is 0 Å². The summed E-state index contributed by atoms with van der Waals surface area (Å²) in [7, 11) is 5.97. The Bertz CT molecular complexity index is 1170. The van der Waals surface area contributed by atoms with Crippen LogP contribution < -0.4 is 10.8 Å². The summed E-state index contributed by atoms with van der Waals surface area (Å²) in [5, 5.41) is 6.09. The molecule has 2 fully saturated rings. The Balaban J connectivity index is 1.65. The molecule has 0 unspecified atom stereocenters. The van der Waals surface area contributed by atoms with Crippen molar-refractivity contribution < 1.29 is 14.4 Å². The number of carbonyl (C=O) groups is 3. The summed E-state index contributed by atoms with van der Waals surface area (Å²) in [6.07, 6.45) is 7.13. The van der Waals surface area contributed by atoms with Gasteiger partial charge in [0.1, 0.15) is 20.1 Å². The third-order valence-corrected chi connectivity index (χ3v) is 6.75. The summed E-state index contributed by atoms with van der Waals surface area (Å²) in [4.78, 5) is 43.9. The van der Waals surface area contributed by atoms with E-state index in [4.69, 9.17) is 14.3 Å². The van der Waals surface area contributed by atoms with E-state index in [1.165, 1.54) is 5.01 Å². The first kappa shape index (κ1) is 26.3. The number of amides is 4. The molecule has 190 valence electrons. The molecule has 8 nitrogen and oxygen atoms in total. The molecule has 9 heteroatoms. The molecule has 0 bridgehead atoms. The number of urea groups is 1. The van der Waals surface area contributed by atoms with Crippen LogP contribution in [0.3, 0.4) is 0 Å². The first-order valence-corrected chi connectivity index (χ1v) is 12.7. The fourth-order valence-electron chi connectivity index (χ4n) is 5.02. The summed E-state index contributed by atoms with van der Waals surface area (Å²) in [6, 6.07) is 16.0. The molecule has 4 rings (SSSR count). The van der Waals surface area contributed by atoms with Crippen LogP contribution in [0.15, 0.2) is 54.6 Å². The first-order valence-electron chi connectivity index (χ1n) is 12.7. The number of unbranched alkanes of at least 4 members (excludes halogenated alkanes) is 1. The molecule has 2 heterocycles. The second-order valence-corrected chi connectivity index (χ2v) is 9.42. The Labute approximate surface area is 220 Å². The van der Waals surface area contributed by atoms with E-state index in [0.29, 0.717) is 25.0 Å². The van der Waals surface area contributed by atoms with Crippen molar-refractivity contribution in [2.75, 3.05) is 19.6 Å². The zero-order valence-electron chi connectivity index (χ0n) is 21.2. The normalized spacial score (nSPS) is 19.9. The highest BCUT2D eigenvalue weighted by atomic mass is 16.2. The number of piperazine rings is 1. The van der Waals surface area contributed by atoms with Gasteiger partial charge in [0, 0.05) is 13.1 Å². The number of hydrogen-bond donors (Lipinski definition) is 1. The predicted molar refractivity (Wildman–Crippen MR) is 142 cm³/mol. The van der Waals surface area contributed by atoms with E-state index >= 15 is 0 Å². The molecule has 2 saturated heterocycles. The zero-order valence-corrected chi connectivity index (χ0v) is 21.2. The van der Waals surface area contributed by atoms with Crippen LogP contribution in [0.5, 0.6) is 0 Å². The quantitative estimate of drug-likeness (QED) is 0.444. The van der Waals surface area contributed by atoms with E-state index in [9.17, 15) is 14.4 Å². The minimum absolute atomic E-state index is 0.0649. The van der Waals surface area contributed by atoms with E-state index < -0.39 is 12.2 Å². The SMILES string of the molecule is [B]c1cccc(CN2C[C@H]3N(C(=O)CN(CC#C)N3C(=O)NCc3ccccc3)[C@@H](CCCC)C2=O)c1. The van der Waals surface area contributed by atoms with Crippen molar-refractivity contribution in [3.05, 3.63) is 65.7 Å². The van der Waals surface area contributed by atoms with Gasteiger partial charge in [0.2, 0.25) is 11.8 Å². The maximum Gasteiger partial charge on any atom is 0.334 e. The summed E-state index contributed by atoms with van der Waals surface area (Å²) in [5.74, 6) is 2.24. The van der Waals surface area contributed by atoms with Gasteiger partial charge in [-0.25, -0.2) is 9.80 Å². The lowest BCUT2D eigenvalue weighted by Gasteiger charge is -2.55. The number of terminal acetylenes is 1. The number of nitrogens with one attached hydrogen (secondary N) is 1. The summed E-state index contributed by atoms with van der Waals surface area (Å²) < 4.78 is 0. The van der Waals surface area contributed by atoms with Gasteiger partial charge in [-0.3, -0.25) is 9.59 Å². The highest BCUT2D eigenvalue weighted by Gasteiger charge is 2.51. The topological polar surface area (TPSA) is 76.2 Å². The van der Waals surface area contributed by atoms with E-state index in [-0.39, 0.29) is 37.5 Å². The summed E-state index contributed by atoms with van der Waals surface area (Å²) in [6.45, 7) is 2.90. The monoisotopic (exact) mass is 497 g/mol. The minimum atomic E-state index is -0.675. The first-order chi connectivity index (χ1) is 17.9. The second kappa shape index (κ2) is 12.0. The standard InChI is InChI=1S/C28H32BN5O3/c1-3-5-14-24-27(36)31(18-22-12-9-13-23(29)16-22)19-25-33(24)26(35)20-32(15-4-2)34(25)28(37)30-17-21-10-7-6-8-11-21/h2,6-13,16,24-25H,3,5,14-15,17-20H2,1H3,(H,30,37)/t24-,25-/m0/s1. The van der Waals surface area contributed by atoms with Crippen molar-refractivity contribution in [3.8, 4) is 12.3 Å². The number of hydrogen-bond acceptors (Lipinski definition) is 4. The molecular weight excluding hydrogens is 465 g/mol. The van der Waals surface area contributed by atoms with Crippen molar-refractivity contribution in [1.82, 2.24) is 25.1 Å². The average Bonchev–Trinajstić information content (AvgIpc) is 2.88. The molecule has 2 aromatic rings. The van der Waals surface area contributed by atoms with Gasteiger partial charge in [-0.15, -0.1) is 6.42 Å². The molecule has 2 radical (unpaired) electrons. The van der Waals surface area contributed by atoms with Gasteiger partial charge in [0.05, 0.1) is 19.6 Å². The Morgan fingerprint density at radius 2 is 1.89 bits per heavy atom. The third kappa shape index (κ3) is 5.97. The Morgan fingerprint density at radius 1 is 1.14 bits per heavy atom. The number of rotatable bonds is 8. The lowest BCUT2D eigenvalue weighted by Crippen LogP contribution is -2.76. The maximum absolute atomic E-state index is 13.7. The number of nitrogens with zero attached hydrogens (tertiary/aromatic N) is 4. The van der Waals surface area contributed by atoms with Crippen molar-refractivity contribution in [2.24, 2.45) is 0 Å². The van der Waals surface area contributed by atoms with Crippen LogP contribution in [0, 0.1) is 12.3 Å². The van der Waals surface area contributed by atoms with Gasteiger partial charge in [-0.1, -0.05) is 85.7 Å². The van der Waals surface area contributed by atoms with E-state index in [1.54, 1.807) is 20.9 Å². The molecule has 2 aliphatic heterocycles. The average molecular weight is 497 g/mol. The summed E-state index contributed by atoms with van der Waals surface area (Å²) in [5.41, 5.74) is 2.45. The van der Waals surface area contributed by atoms with Gasteiger partial charge < -0.3 is 15.1 Å². The van der Waals surface area contributed by atoms with Crippen molar-refractivity contribution >= 4 is 31.2 Å². The molecule has 1 N–H and O–H groups in total. The van der Waals surface area contributed by atoms with E-state index in [2.05, 4.69) is 11.2 Å². The minimum Gasteiger partial charge on any atom is -0.333 e. The molecule has 0 spiro atoms. The maximum atomic E-state index is 13.7. The number of benzene rings is 2. The fraction of sp³-hybridized carbons (Fsp3) is 0.393. The largest absolute Gasteiger partial charge is 0.334 e. The van der Waals surface area contributed by atoms with Gasteiger partial charge in [-0.2, -0.15) is 5.01 Å². The molecule has 37 heavy (non-hydrogen) atoms. The molecule has 0 aromatic heterocycles. The second-order valence-electron chi connectivity index (χ2n) is 9.42. The van der Waals surface area contributed by atoms with Crippen molar-refractivity contribution in [1.29, 1.82) is 0 Å². The molecular formula is C28H32BN5O3. The van der Waals surface area contributed by atoms with Crippen LogP contribution in [0.25, 0.3) is 0 Å². The molecule has 4 amide bonds. The zero-order chi connectivity index (χ0) is 26.4. The van der Waals surface area contributed by atoms with E-state index in [1.807, 2.05) is 55.5 Å². The van der Waals surface area contributed by atoms with Crippen molar-refractivity contribution in [2.45, 2.75) is 51.5 Å². The van der Waals surface area contributed by atoms with Gasteiger partial charge in [-0.05, 0) is 17.5 Å². The van der Waals surface area contributed by atoms with Crippen LogP contribution in [-0.4, -0.2) is 77.4 Å².